The standard InChI is InChI=1S/C29H31N5O3S2/c1-3-37-28(36)26-22-10-7-11-23(22)39-27(26)31-25(35)16-17-38-29-33-32-24(34(29)21-8-5-4-6-9-21)18-30-20-14-12-19(2)13-15-20/h4-6,8-9,12-15,30H,3,7,10-11,16-18H2,1-2H3,(H,31,35). The lowest BCUT2D eigenvalue weighted by molar-refractivity contribution is -0.115. The Labute approximate surface area is 236 Å². The van der Waals surface area contributed by atoms with E-state index in [1.807, 2.05) is 47.0 Å². The minimum absolute atomic E-state index is 0.139. The van der Waals surface area contributed by atoms with Gasteiger partial charge >= 0.3 is 5.97 Å². The number of nitrogens with zero attached hydrogens (tertiary/aromatic N) is 3. The van der Waals surface area contributed by atoms with Crippen LogP contribution in [0.5, 0.6) is 0 Å². The van der Waals surface area contributed by atoms with Crippen molar-refractivity contribution in [3.8, 4) is 5.69 Å². The molecule has 202 valence electrons. The van der Waals surface area contributed by atoms with Crippen molar-refractivity contribution in [3.63, 3.8) is 0 Å². The maximum Gasteiger partial charge on any atom is 0.341 e. The summed E-state index contributed by atoms with van der Waals surface area (Å²) in [6, 6.07) is 18.2. The zero-order valence-electron chi connectivity index (χ0n) is 22.0. The summed E-state index contributed by atoms with van der Waals surface area (Å²) in [6.07, 6.45) is 3.09. The molecule has 4 aromatic rings. The van der Waals surface area contributed by atoms with Crippen LogP contribution in [0, 0.1) is 6.92 Å². The highest BCUT2D eigenvalue weighted by molar-refractivity contribution is 7.99. The van der Waals surface area contributed by atoms with Crippen molar-refractivity contribution < 1.29 is 14.3 Å². The Morgan fingerprint density at radius 2 is 1.87 bits per heavy atom. The summed E-state index contributed by atoms with van der Waals surface area (Å²) >= 11 is 2.98. The Morgan fingerprint density at radius 1 is 1.08 bits per heavy atom. The van der Waals surface area contributed by atoms with Gasteiger partial charge in [0.05, 0.1) is 18.7 Å². The van der Waals surface area contributed by atoms with Gasteiger partial charge < -0.3 is 15.4 Å². The third-order valence-corrected chi connectivity index (χ3v) is 8.57. The van der Waals surface area contributed by atoms with E-state index in [1.165, 1.54) is 33.5 Å². The van der Waals surface area contributed by atoms with Crippen molar-refractivity contribution in [1.29, 1.82) is 0 Å². The number of fused-ring (bicyclic) bond motifs is 1. The van der Waals surface area contributed by atoms with Crippen molar-refractivity contribution in [3.05, 3.63) is 82.0 Å². The fourth-order valence-corrected chi connectivity index (χ4v) is 6.73. The lowest BCUT2D eigenvalue weighted by Crippen LogP contribution is -2.15. The second-order valence-electron chi connectivity index (χ2n) is 9.22. The van der Waals surface area contributed by atoms with E-state index in [-0.39, 0.29) is 18.3 Å². The van der Waals surface area contributed by atoms with Crippen LogP contribution in [-0.4, -0.2) is 39.0 Å². The van der Waals surface area contributed by atoms with Gasteiger partial charge in [0, 0.05) is 28.4 Å². The van der Waals surface area contributed by atoms with Gasteiger partial charge in [0.2, 0.25) is 5.91 Å². The molecule has 1 aliphatic rings. The Balaban J connectivity index is 1.25. The summed E-state index contributed by atoms with van der Waals surface area (Å²) in [4.78, 5) is 26.7. The molecule has 5 rings (SSSR count). The van der Waals surface area contributed by atoms with Crippen LogP contribution in [-0.2, 0) is 28.9 Å². The van der Waals surface area contributed by atoms with Crippen LogP contribution in [0.4, 0.5) is 10.7 Å². The van der Waals surface area contributed by atoms with Gasteiger partial charge in [0.15, 0.2) is 11.0 Å². The van der Waals surface area contributed by atoms with Gasteiger partial charge in [-0.15, -0.1) is 21.5 Å². The third kappa shape index (κ3) is 6.34. The van der Waals surface area contributed by atoms with Gasteiger partial charge in [-0.1, -0.05) is 47.7 Å². The van der Waals surface area contributed by atoms with Gasteiger partial charge in [0.1, 0.15) is 5.00 Å². The zero-order valence-corrected chi connectivity index (χ0v) is 23.7. The largest absolute Gasteiger partial charge is 0.462 e. The fourth-order valence-electron chi connectivity index (χ4n) is 4.53. The van der Waals surface area contributed by atoms with Crippen molar-refractivity contribution >= 4 is 45.7 Å². The SMILES string of the molecule is CCOC(=O)c1c(NC(=O)CCSc2nnc(CNc3ccc(C)cc3)n2-c2ccccc2)sc2c1CCC2. The minimum Gasteiger partial charge on any atom is -0.462 e. The third-order valence-electron chi connectivity index (χ3n) is 6.43. The number of thioether (sulfide) groups is 1. The van der Waals surface area contributed by atoms with E-state index < -0.39 is 0 Å². The lowest BCUT2D eigenvalue weighted by atomic mass is 10.1. The van der Waals surface area contributed by atoms with Crippen LogP contribution >= 0.6 is 23.1 Å². The molecular weight excluding hydrogens is 530 g/mol. The Kier molecular flexibility index (Phi) is 8.63. The monoisotopic (exact) mass is 561 g/mol. The summed E-state index contributed by atoms with van der Waals surface area (Å²) in [7, 11) is 0. The molecule has 39 heavy (non-hydrogen) atoms. The van der Waals surface area contributed by atoms with Gasteiger partial charge in [-0.05, 0) is 62.9 Å². The average molecular weight is 562 g/mol. The number of aryl methyl sites for hydroxylation is 2. The number of thiophene rings is 1. The molecule has 0 bridgehead atoms. The molecule has 2 heterocycles. The van der Waals surface area contributed by atoms with Gasteiger partial charge in [-0.2, -0.15) is 0 Å². The van der Waals surface area contributed by atoms with E-state index in [4.69, 9.17) is 4.74 Å². The number of nitrogens with one attached hydrogen (secondary N) is 2. The Bertz CT molecular complexity index is 1450. The molecule has 2 N–H and O–H groups in total. The maximum atomic E-state index is 12.9. The zero-order chi connectivity index (χ0) is 27.2. The van der Waals surface area contributed by atoms with Crippen LogP contribution in [0.3, 0.4) is 0 Å². The predicted octanol–water partition coefficient (Wildman–Crippen LogP) is 6.04. The van der Waals surface area contributed by atoms with E-state index in [0.29, 0.717) is 29.5 Å². The first-order valence-corrected chi connectivity index (χ1v) is 14.9. The number of aromatic nitrogens is 3. The van der Waals surface area contributed by atoms with E-state index in [2.05, 4.69) is 39.9 Å². The number of carbonyl (C=O) groups is 2. The van der Waals surface area contributed by atoms with E-state index in [9.17, 15) is 9.59 Å². The highest BCUT2D eigenvalue weighted by Gasteiger charge is 2.28. The number of anilines is 2. The van der Waals surface area contributed by atoms with Crippen LogP contribution in [0.25, 0.3) is 5.69 Å². The number of amides is 1. The maximum absolute atomic E-state index is 12.9. The first-order valence-electron chi connectivity index (χ1n) is 13.1. The summed E-state index contributed by atoms with van der Waals surface area (Å²) in [5.41, 5.74) is 4.74. The predicted molar refractivity (Wildman–Crippen MR) is 156 cm³/mol. The normalized spacial score (nSPS) is 12.3. The number of hydrogen-bond acceptors (Lipinski definition) is 8. The van der Waals surface area contributed by atoms with Crippen LogP contribution in [0.1, 0.15) is 52.0 Å². The molecule has 10 heteroatoms. The average Bonchev–Trinajstić information content (AvgIpc) is 3.64. The van der Waals surface area contributed by atoms with Gasteiger partial charge in [0.25, 0.3) is 0 Å². The van der Waals surface area contributed by atoms with Crippen molar-refractivity contribution in [1.82, 2.24) is 14.8 Å². The Hall–Kier alpha value is -3.63. The topological polar surface area (TPSA) is 98.1 Å². The number of ether oxygens (including phenoxy) is 1. The molecule has 0 unspecified atom stereocenters. The van der Waals surface area contributed by atoms with Gasteiger partial charge in [-0.3, -0.25) is 9.36 Å². The number of esters is 1. The van der Waals surface area contributed by atoms with Crippen LogP contribution in [0.2, 0.25) is 0 Å². The molecule has 1 amide bonds. The molecule has 0 fully saturated rings. The molecule has 2 aromatic carbocycles. The van der Waals surface area contributed by atoms with Crippen molar-refractivity contribution in [2.75, 3.05) is 23.0 Å². The number of para-hydroxylation sites is 1. The molecule has 0 spiro atoms. The van der Waals surface area contributed by atoms with Crippen LogP contribution in [0.15, 0.2) is 59.8 Å². The highest BCUT2D eigenvalue weighted by atomic mass is 32.2. The lowest BCUT2D eigenvalue weighted by Gasteiger charge is -2.12. The summed E-state index contributed by atoms with van der Waals surface area (Å²) < 4.78 is 7.29. The summed E-state index contributed by atoms with van der Waals surface area (Å²) in [5.74, 6) is 0.799. The molecule has 0 radical (unpaired) electrons. The molecule has 0 atom stereocenters. The van der Waals surface area contributed by atoms with Crippen molar-refractivity contribution in [2.24, 2.45) is 0 Å². The smallest absolute Gasteiger partial charge is 0.341 e. The van der Waals surface area contributed by atoms with Gasteiger partial charge in [-0.25, -0.2) is 4.79 Å². The highest BCUT2D eigenvalue weighted by Crippen LogP contribution is 2.39. The number of rotatable bonds is 11. The number of benzene rings is 2. The second-order valence-corrected chi connectivity index (χ2v) is 11.4. The number of carbonyl (C=O) groups excluding carboxylic acids is 2. The summed E-state index contributed by atoms with van der Waals surface area (Å²) in [6.45, 7) is 4.66. The molecule has 0 saturated carbocycles. The van der Waals surface area contributed by atoms with Crippen LogP contribution < -0.4 is 10.6 Å². The van der Waals surface area contributed by atoms with E-state index >= 15 is 0 Å². The van der Waals surface area contributed by atoms with E-state index in [0.717, 1.165) is 47.2 Å². The minimum atomic E-state index is -0.357. The first kappa shape index (κ1) is 27.0. The van der Waals surface area contributed by atoms with Crippen molar-refractivity contribution in [2.45, 2.75) is 51.2 Å². The Morgan fingerprint density at radius 3 is 2.64 bits per heavy atom. The summed E-state index contributed by atoms with van der Waals surface area (Å²) in [5, 5.41) is 16.6. The molecule has 2 aromatic heterocycles. The van der Waals surface area contributed by atoms with E-state index in [1.54, 1.807) is 6.92 Å². The molecule has 1 aliphatic carbocycles. The quantitative estimate of drug-likeness (QED) is 0.170. The fraction of sp³-hybridized carbons (Fsp3) is 0.310. The second kappa shape index (κ2) is 12.5. The molecule has 0 saturated heterocycles. The molecule has 8 nitrogen and oxygen atoms in total. The number of hydrogen-bond donors (Lipinski definition) is 2. The molecule has 0 aliphatic heterocycles. The first-order chi connectivity index (χ1) is 19.0. The molecular formula is C29H31N5O3S2.